The summed E-state index contributed by atoms with van der Waals surface area (Å²) in [5, 5.41) is 2.74. The van der Waals surface area contributed by atoms with Gasteiger partial charge in [-0.05, 0) is 36.4 Å². The van der Waals surface area contributed by atoms with Crippen LogP contribution in [0.15, 0.2) is 53.4 Å². The second-order valence-corrected chi connectivity index (χ2v) is 7.03. The fourth-order valence-corrected chi connectivity index (χ4v) is 3.43. The molecule has 0 radical (unpaired) electrons. The molecule has 3 rings (SSSR count). The van der Waals surface area contributed by atoms with Crippen LogP contribution in [0.3, 0.4) is 0 Å². The number of hydrogen-bond acceptors (Lipinski definition) is 4. The van der Waals surface area contributed by atoms with Crippen LogP contribution in [0.2, 0.25) is 0 Å². The van der Waals surface area contributed by atoms with Crippen LogP contribution in [0.4, 0.5) is 20.2 Å². The highest BCUT2D eigenvalue weighted by atomic mass is 32.2. The Morgan fingerprint density at radius 1 is 1.22 bits per heavy atom. The Hall–Kier alpha value is -2.61. The van der Waals surface area contributed by atoms with Gasteiger partial charge in [-0.25, -0.2) is 0 Å². The number of carbonyl (C=O) groups is 2. The molecule has 1 aliphatic heterocycles. The van der Waals surface area contributed by atoms with Crippen molar-refractivity contribution < 1.29 is 23.1 Å². The van der Waals surface area contributed by atoms with E-state index in [0.29, 0.717) is 33.8 Å². The molecule has 1 saturated heterocycles. The number of anilines is 2. The molecule has 2 aromatic rings. The molecule has 0 aromatic heterocycles. The number of para-hydroxylation sites is 2. The Balaban J connectivity index is 1.65. The fourth-order valence-electron chi connectivity index (χ4n) is 2.93. The van der Waals surface area contributed by atoms with Crippen LogP contribution in [0.1, 0.15) is 6.42 Å². The number of nitrogens with zero attached hydrogens (tertiary/aromatic N) is 1. The van der Waals surface area contributed by atoms with E-state index in [1.54, 1.807) is 35.2 Å². The van der Waals surface area contributed by atoms with Gasteiger partial charge >= 0.3 is 0 Å². The lowest BCUT2D eigenvalue weighted by Gasteiger charge is -2.19. The highest BCUT2D eigenvalue weighted by Crippen LogP contribution is 2.33. The van der Waals surface area contributed by atoms with Crippen LogP contribution in [0.25, 0.3) is 0 Å². The van der Waals surface area contributed by atoms with E-state index in [4.69, 9.17) is 4.74 Å². The summed E-state index contributed by atoms with van der Waals surface area (Å²) in [7, 11) is 1.53. The summed E-state index contributed by atoms with van der Waals surface area (Å²) < 4.78 is 30.0. The summed E-state index contributed by atoms with van der Waals surface area (Å²) in [4.78, 5) is 26.8. The maximum absolute atomic E-state index is 12.5. The standard InChI is InChI=1S/C19H18F2N2O3S/c1-26-16-5-3-2-4-15(16)23-11-12(10-17(23)24)18(25)22-13-6-8-14(9-7-13)27-19(20)21/h2-9,12,19H,10-11H2,1H3,(H,22,25)/t12-/m0/s1. The van der Waals surface area contributed by atoms with Crippen molar-refractivity contribution in [3.8, 4) is 5.75 Å². The predicted octanol–water partition coefficient (Wildman–Crippen LogP) is 4.00. The second kappa shape index (κ2) is 8.39. The smallest absolute Gasteiger partial charge is 0.288 e. The van der Waals surface area contributed by atoms with Gasteiger partial charge in [-0.2, -0.15) is 8.78 Å². The molecular weight excluding hydrogens is 374 g/mol. The number of thioether (sulfide) groups is 1. The number of alkyl halides is 2. The van der Waals surface area contributed by atoms with Crippen LogP contribution >= 0.6 is 11.8 Å². The summed E-state index contributed by atoms with van der Waals surface area (Å²) in [5.74, 6) is -2.86. The molecule has 5 nitrogen and oxygen atoms in total. The summed E-state index contributed by atoms with van der Waals surface area (Å²) in [6.07, 6.45) is 0.100. The maximum atomic E-state index is 12.5. The van der Waals surface area contributed by atoms with Gasteiger partial charge in [0.1, 0.15) is 5.75 Å². The molecule has 8 heteroatoms. The largest absolute Gasteiger partial charge is 0.495 e. The molecule has 2 aromatic carbocycles. The molecule has 0 unspecified atom stereocenters. The monoisotopic (exact) mass is 392 g/mol. The first-order valence-corrected chi connectivity index (χ1v) is 9.15. The normalized spacial score (nSPS) is 16.7. The maximum Gasteiger partial charge on any atom is 0.288 e. The lowest BCUT2D eigenvalue weighted by Crippen LogP contribution is -2.28. The van der Waals surface area contributed by atoms with Gasteiger partial charge in [-0.1, -0.05) is 23.9 Å². The van der Waals surface area contributed by atoms with Crippen molar-refractivity contribution in [3.05, 3.63) is 48.5 Å². The Kier molecular flexibility index (Phi) is 5.95. The summed E-state index contributed by atoms with van der Waals surface area (Å²) in [5.41, 5.74) is 1.13. The van der Waals surface area contributed by atoms with Gasteiger partial charge in [0.25, 0.3) is 5.76 Å². The highest BCUT2D eigenvalue weighted by Gasteiger charge is 2.36. The summed E-state index contributed by atoms with van der Waals surface area (Å²) in [6, 6.07) is 13.3. The van der Waals surface area contributed by atoms with Gasteiger partial charge in [-0.3, -0.25) is 9.59 Å². The topological polar surface area (TPSA) is 58.6 Å². The average molecular weight is 392 g/mol. The molecule has 1 fully saturated rings. The van der Waals surface area contributed by atoms with E-state index in [-0.39, 0.29) is 24.8 Å². The van der Waals surface area contributed by atoms with Crippen LogP contribution in [-0.2, 0) is 9.59 Å². The van der Waals surface area contributed by atoms with Gasteiger partial charge in [0.15, 0.2) is 0 Å². The Morgan fingerprint density at radius 3 is 2.59 bits per heavy atom. The van der Waals surface area contributed by atoms with Crippen molar-refractivity contribution in [1.29, 1.82) is 0 Å². The fraction of sp³-hybridized carbons (Fsp3) is 0.263. The van der Waals surface area contributed by atoms with Crippen LogP contribution in [0.5, 0.6) is 5.75 Å². The minimum Gasteiger partial charge on any atom is -0.495 e. The molecular formula is C19H18F2N2O3S. The molecule has 0 aliphatic carbocycles. The zero-order valence-corrected chi connectivity index (χ0v) is 15.3. The van der Waals surface area contributed by atoms with E-state index in [1.165, 1.54) is 19.2 Å². The van der Waals surface area contributed by atoms with Gasteiger partial charge in [0.05, 0.1) is 18.7 Å². The first kappa shape index (κ1) is 19.2. The molecule has 0 spiro atoms. The zero-order chi connectivity index (χ0) is 19.4. The molecule has 0 saturated carbocycles. The molecule has 1 atom stereocenters. The molecule has 0 bridgehead atoms. The number of carbonyl (C=O) groups excluding carboxylic acids is 2. The lowest BCUT2D eigenvalue weighted by atomic mass is 10.1. The molecule has 2 amide bonds. The second-order valence-electron chi connectivity index (χ2n) is 5.97. The predicted molar refractivity (Wildman–Crippen MR) is 100 cm³/mol. The third-order valence-corrected chi connectivity index (χ3v) is 4.94. The number of ether oxygens (including phenoxy) is 1. The molecule has 1 aliphatic rings. The van der Waals surface area contributed by atoms with Crippen LogP contribution in [-0.4, -0.2) is 31.2 Å². The Labute approximate surface area is 159 Å². The van der Waals surface area contributed by atoms with E-state index >= 15 is 0 Å². The summed E-state index contributed by atoms with van der Waals surface area (Å²) in [6.45, 7) is 0.254. The molecule has 1 heterocycles. The molecule has 1 N–H and O–H groups in total. The SMILES string of the molecule is COc1ccccc1N1C[C@@H](C(=O)Nc2ccc(SC(F)F)cc2)CC1=O. The van der Waals surface area contributed by atoms with Crippen molar-refractivity contribution >= 4 is 35.0 Å². The zero-order valence-electron chi connectivity index (χ0n) is 14.5. The van der Waals surface area contributed by atoms with E-state index in [0.717, 1.165) is 0 Å². The van der Waals surface area contributed by atoms with Crippen molar-refractivity contribution in [2.24, 2.45) is 5.92 Å². The number of amides is 2. The third kappa shape index (κ3) is 4.57. The van der Waals surface area contributed by atoms with E-state index in [1.807, 2.05) is 6.07 Å². The van der Waals surface area contributed by atoms with Gasteiger partial charge in [-0.15, -0.1) is 0 Å². The van der Waals surface area contributed by atoms with Crippen molar-refractivity contribution in [1.82, 2.24) is 0 Å². The number of halogens is 2. The van der Waals surface area contributed by atoms with Crippen molar-refractivity contribution in [2.75, 3.05) is 23.9 Å². The minimum atomic E-state index is -2.49. The average Bonchev–Trinajstić information content (AvgIpc) is 3.04. The quantitative estimate of drug-likeness (QED) is 0.755. The first-order chi connectivity index (χ1) is 13.0. The number of methoxy groups -OCH3 is 1. The lowest BCUT2D eigenvalue weighted by molar-refractivity contribution is -0.122. The van der Waals surface area contributed by atoms with Crippen molar-refractivity contribution in [3.63, 3.8) is 0 Å². The van der Waals surface area contributed by atoms with Gasteiger partial charge in [0.2, 0.25) is 11.8 Å². The molecule has 27 heavy (non-hydrogen) atoms. The number of hydrogen-bond donors (Lipinski definition) is 1. The summed E-state index contributed by atoms with van der Waals surface area (Å²) >= 11 is 0.444. The Bertz CT molecular complexity index is 830. The molecule has 142 valence electrons. The number of nitrogens with one attached hydrogen (secondary N) is 1. The minimum absolute atomic E-state index is 0.100. The first-order valence-electron chi connectivity index (χ1n) is 8.27. The van der Waals surface area contributed by atoms with Gasteiger partial charge in [0, 0.05) is 23.5 Å². The highest BCUT2D eigenvalue weighted by molar-refractivity contribution is 7.99. The van der Waals surface area contributed by atoms with E-state index in [2.05, 4.69) is 5.32 Å². The van der Waals surface area contributed by atoms with Crippen LogP contribution < -0.4 is 15.0 Å². The Morgan fingerprint density at radius 2 is 1.93 bits per heavy atom. The number of rotatable bonds is 6. The van der Waals surface area contributed by atoms with E-state index < -0.39 is 11.7 Å². The van der Waals surface area contributed by atoms with Crippen molar-refractivity contribution in [2.45, 2.75) is 17.1 Å². The third-order valence-electron chi connectivity index (χ3n) is 4.22. The van der Waals surface area contributed by atoms with Crippen LogP contribution in [0, 0.1) is 5.92 Å². The van der Waals surface area contributed by atoms with E-state index in [9.17, 15) is 18.4 Å². The van der Waals surface area contributed by atoms with Gasteiger partial charge < -0.3 is 15.0 Å². The number of benzene rings is 2.